The van der Waals surface area contributed by atoms with E-state index < -0.39 is 0 Å². The number of benzene rings is 2. The molecule has 0 saturated heterocycles. The number of hydrogen-bond acceptors (Lipinski definition) is 5. The van der Waals surface area contributed by atoms with E-state index in [1.165, 1.54) is 6.26 Å². The summed E-state index contributed by atoms with van der Waals surface area (Å²) in [5.41, 5.74) is 1.94. The van der Waals surface area contributed by atoms with Gasteiger partial charge in [-0.05, 0) is 36.2 Å². The number of amides is 1. The van der Waals surface area contributed by atoms with Crippen LogP contribution >= 0.6 is 0 Å². The van der Waals surface area contributed by atoms with Crippen LogP contribution in [0.3, 0.4) is 0 Å². The van der Waals surface area contributed by atoms with Gasteiger partial charge in [0, 0.05) is 23.6 Å². The fraction of sp³-hybridized carbons (Fsp3) is 0.200. The van der Waals surface area contributed by atoms with Crippen LogP contribution in [0.5, 0.6) is 11.5 Å². The summed E-state index contributed by atoms with van der Waals surface area (Å²) in [4.78, 5) is 30.4. The summed E-state index contributed by atoms with van der Waals surface area (Å²) in [6, 6.07) is 18.5. The minimum absolute atomic E-state index is 0.145. The first kappa shape index (κ1) is 21.2. The standard InChI is InChI=1S/C25H24N2O5/c1-30-22-14-18-13-19(24(28)26-20(18)15-23(22)31-2)16-27(25(29)21-9-6-12-32-21)11-10-17-7-4-3-5-8-17/h3-9,12-15H,10-11,16H2,1-2H3,(H,26,28). The van der Waals surface area contributed by atoms with Gasteiger partial charge in [-0.3, -0.25) is 9.59 Å². The fourth-order valence-electron chi connectivity index (χ4n) is 3.62. The van der Waals surface area contributed by atoms with Gasteiger partial charge in [0.1, 0.15) is 0 Å². The number of nitrogens with zero attached hydrogens (tertiary/aromatic N) is 1. The maximum Gasteiger partial charge on any atom is 0.289 e. The molecule has 0 fully saturated rings. The van der Waals surface area contributed by atoms with Crippen LogP contribution in [0.25, 0.3) is 10.9 Å². The molecule has 0 spiro atoms. The highest BCUT2D eigenvalue weighted by atomic mass is 16.5. The van der Waals surface area contributed by atoms with E-state index in [1.807, 2.05) is 30.3 Å². The van der Waals surface area contributed by atoms with Gasteiger partial charge in [0.25, 0.3) is 11.5 Å². The van der Waals surface area contributed by atoms with Crippen LogP contribution in [0.2, 0.25) is 0 Å². The topological polar surface area (TPSA) is 84.8 Å². The number of fused-ring (bicyclic) bond motifs is 1. The van der Waals surface area contributed by atoms with Gasteiger partial charge in [0.2, 0.25) is 0 Å². The van der Waals surface area contributed by atoms with Crippen molar-refractivity contribution in [1.29, 1.82) is 0 Å². The van der Waals surface area contributed by atoms with E-state index in [-0.39, 0.29) is 23.8 Å². The molecule has 0 radical (unpaired) electrons. The first-order valence-electron chi connectivity index (χ1n) is 10.2. The van der Waals surface area contributed by atoms with Crippen molar-refractivity contribution < 1.29 is 18.7 Å². The van der Waals surface area contributed by atoms with Crippen molar-refractivity contribution >= 4 is 16.8 Å². The second-order valence-corrected chi connectivity index (χ2v) is 7.36. The minimum Gasteiger partial charge on any atom is -0.493 e. The number of pyridine rings is 1. The summed E-state index contributed by atoms with van der Waals surface area (Å²) in [5.74, 6) is 1.06. The molecule has 4 rings (SSSR count). The molecule has 0 unspecified atom stereocenters. The van der Waals surface area contributed by atoms with Crippen molar-refractivity contribution in [3.05, 3.63) is 94.2 Å². The SMILES string of the molecule is COc1cc2cc(CN(CCc3ccccc3)C(=O)c3ccco3)c(=O)[nH]c2cc1OC. The van der Waals surface area contributed by atoms with Crippen LogP contribution in [-0.4, -0.2) is 36.6 Å². The Kier molecular flexibility index (Phi) is 6.26. The molecule has 2 aromatic heterocycles. The van der Waals surface area contributed by atoms with Gasteiger partial charge in [-0.25, -0.2) is 0 Å². The molecule has 2 heterocycles. The monoisotopic (exact) mass is 432 g/mol. The zero-order valence-electron chi connectivity index (χ0n) is 18.0. The zero-order valence-corrected chi connectivity index (χ0v) is 18.0. The van der Waals surface area contributed by atoms with Crippen molar-refractivity contribution in [2.75, 3.05) is 20.8 Å². The van der Waals surface area contributed by atoms with Gasteiger partial charge >= 0.3 is 0 Å². The zero-order chi connectivity index (χ0) is 22.5. The molecule has 2 aromatic carbocycles. The Morgan fingerprint density at radius 1 is 1.00 bits per heavy atom. The largest absolute Gasteiger partial charge is 0.493 e. The number of H-pyrrole nitrogens is 1. The first-order valence-corrected chi connectivity index (χ1v) is 10.2. The van der Waals surface area contributed by atoms with E-state index >= 15 is 0 Å². The lowest BCUT2D eigenvalue weighted by Crippen LogP contribution is -2.34. The Morgan fingerprint density at radius 2 is 1.75 bits per heavy atom. The van der Waals surface area contributed by atoms with Crippen LogP contribution < -0.4 is 15.0 Å². The summed E-state index contributed by atoms with van der Waals surface area (Å²) in [5, 5.41) is 0.783. The van der Waals surface area contributed by atoms with Gasteiger partial charge in [-0.2, -0.15) is 0 Å². The number of ether oxygens (including phenoxy) is 2. The van der Waals surface area contributed by atoms with Gasteiger partial charge in [-0.1, -0.05) is 30.3 Å². The average Bonchev–Trinajstić information content (AvgIpc) is 3.36. The van der Waals surface area contributed by atoms with Crippen LogP contribution in [-0.2, 0) is 13.0 Å². The average molecular weight is 432 g/mol. The number of carbonyl (C=O) groups is 1. The molecular weight excluding hydrogens is 408 g/mol. The molecule has 4 aromatic rings. The predicted molar refractivity (Wildman–Crippen MR) is 121 cm³/mol. The van der Waals surface area contributed by atoms with E-state index in [2.05, 4.69) is 4.98 Å². The molecule has 164 valence electrons. The molecule has 1 amide bonds. The van der Waals surface area contributed by atoms with E-state index in [1.54, 1.807) is 49.5 Å². The fourth-order valence-corrected chi connectivity index (χ4v) is 3.62. The summed E-state index contributed by atoms with van der Waals surface area (Å²) in [7, 11) is 3.10. The van der Waals surface area contributed by atoms with Crippen molar-refractivity contribution in [3.8, 4) is 11.5 Å². The number of carbonyl (C=O) groups excluding carboxylic acids is 1. The second-order valence-electron chi connectivity index (χ2n) is 7.36. The summed E-state index contributed by atoms with van der Waals surface area (Å²) in [6.45, 7) is 0.582. The van der Waals surface area contributed by atoms with Crippen LogP contribution in [0.15, 0.2) is 76.1 Å². The van der Waals surface area contributed by atoms with Gasteiger partial charge in [0.15, 0.2) is 17.3 Å². The van der Waals surface area contributed by atoms with Crippen molar-refractivity contribution in [2.24, 2.45) is 0 Å². The highest BCUT2D eigenvalue weighted by Gasteiger charge is 2.20. The Hall–Kier alpha value is -4.00. The molecule has 0 atom stereocenters. The third-order valence-corrected chi connectivity index (χ3v) is 5.32. The van der Waals surface area contributed by atoms with E-state index in [9.17, 15) is 9.59 Å². The van der Waals surface area contributed by atoms with Gasteiger partial charge in [0.05, 0.1) is 32.5 Å². The lowest BCUT2D eigenvalue weighted by Gasteiger charge is -2.22. The molecule has 7 heteroatoms. The molecule has 0 aliphatic heterocycles. The van der Waals surface area contributed by atoms with Crippen molar-refractivity contribution in [3.63, 3.8) is 0 Å². The minimum atomic E-state index is -0.266. The summed E-state index contributed by atoms with van der Waals surface area (Å²) >= 11 is 0. The van der Waals surface area contributed by atoms with Gasteiger partial charge < -0.3 is 23.8 Å². The maximum absolute atomic E-state index is 13.1. The van der Waals surface area contributed by atoms with E-state index in [4.69, 9.17) is 13.9 Å². The van der Waals surface area contributed by atoms with Crippen molar-refractivity contribution in [1.82, 2.24) is 9.88 Å². The van der Waals surface area contributed by atoms with Crippen LogP contribution in [0.1, 0.15) is 21.7 Å². The lowest BCUT2D eigenvalue weighted by molar-refractivity contribution is 0.0712. The highest BCUT2D eigenvalue weighted by Crippen LogP contribution is 2.31. The van der Waals surface area contributed by atoms with E-state index in [0.717, 1.165) is 10.9 Å². The Bertz CT molecular complexity index is 1260. The third kappa shape index (κ3) is 4.51. The van der Waals surface area contributed by atoms with E-state index in [0.29, 0.717) is 35.5 Å². The van der Waals surface area contributed by atoms with Gasteiger partial charge in [-0.15, -0.1) is 0 Å². The Morgan fingerprint density at radius 3 is 2.44 bits per heavy atom. The number of rotatable bonds is 8. The molecular formula is C25H24N2O5. The molecule has 0 aliphatic rings. The maximum atomic E-state index is 13.1. The number of nitrogens with one attached hydrogen (secondary N) is 1. The third-order valence-electron chi connectivity index (χ3n) is 5.32. The number of methoxy groups -OCH3 is 2. The van der Waals surface area contributed by atoms with Crippen LogP contribution in [0, 0.1) is 0 Å². The number of hydrogen-bond donors (Lipinski definition) is 1. The number of aromatic nitrogens is 1. The Balaban J connectivity index is 1.66. The first-order chi connectivity index (χ1) is 15.6. The molecule has 0 aliphatic carbocycles. The molecule has 0 saturated carbocycles. The smallest absolute Gasteiger partial charge is 0.289 e. The Labute approximate surface area is 185 Å². The number of furan rings is 1. The highest BCUT2D eigenvalue weighted by molar-refractivity contribution is 5.91. The predicted octanol–water partition coefficient (Wildman–Crippen LogP) is 4.02. The molecule has 1 N–H and O–H groups in total. The number of aromatic amines is 1. The second kappa shape index (κ2) is 9.43. The van der Waals surface area contributed by atoms with Crippen molar-refractivity contribution in [2.45, 2.75) is 13.0 Å². The lowest BCUT2D eigenvalue weighted by atomic mass is 10.1. The molecule has 7 nitrogen and oxygen atoms in total. The summed E-state index contributed by atoms with van der Waals surface area (Å²) < 4.78 is 16.0. The summed E-state index contributed by atoms with van der Waals surface area (Å²) in [6.07, 6.45) is 2.12. The molecule has 0 bridgehead atoms. The quantitative estimate of drug-likeness (QED) is 0.455. The van der Waals surface area contributed by atoms with Crippen LogP contribution in [0.4, 0.5) is 0 Å². The molecule has 32 heavy (non-hydrogen) atoms. The normalized spacial score (nSPS) is 10.8.